The Kier molecular flexibility index (Phi) is 4.16. The van der Waals surface area contributed by atoms with E-state index in [9.17, 15) is 9.59 Å². The number of rotatable bonds is 4. The van der Waals surface area contributed by atoms with E-state index in [2.05, 4.69) is 0 Å². The van der Waals surface area contributed by atoms with E-state index in [1.54, 1.807) is 7.11 Å². The first-order valence-corrected chi connectivity index (χ1v) is 6.34. The molecule has 0 radical (unpaired) electrons. The van der Waals surface area contributed by atoms with Gasteiger partial charge in [-0.2, -0.15) is 0 Å². The summed E-state index contributed by atoms with van der Waals surface area (Å²) in [6.45, 7) is 0.374. The van der Waals surface area contributed by atoms with Crippen molar-refractivity contribution in [3.63, 3.8) is 0 Å². The minimum absolute atomic E-state index is 0.130. The van der Waals surface area contributed by atoms with Gasteiger partial charge in [0.25, 0.3) is 0 Å². The molecule has 0 spiro atoms. The van der Waals surface area contributed by atoms with Gasteiger partial charge < -0.3 is 10.5 Å². The fourth-order valence-electron chi connectivity index (χ4n) is 2.16. The number of hydrogen-bond donors (Lipinski definition) is 1. The first-order chi connectivity index (χ1) is 9.11. The van der Waals surface area contributed by atoms with Gasteiger partial charge in [0.2, 0.25) is 11.8 Å². The summed E-state index contributed by atoms with van der Waals surface area (Å²) in [6.07, 6.45) is 1.42. The number of hydrogen-bond acceptors (Lipinski definition) is 4. The Bertz CT molecular complexity index is 487. The highest BCUT2D eigenvalue weighted by atomic mass is 16.5. The molecule has 0 bridgehead atoms. The second-order valence-corrected chi connectivity index (χ2v) is 4.63. The molecule has 1 aliphatic heterocycles. The summed E-state index contributed by atoms with van der Waals surface area (Å²) in [6, 6.07) is 7.05. The van der Waals surface area contributed by atoms with Crippen molar-refractivity contribution in [2.75, 3.05) is 13.7 Å². The first-order valence-electron chi connectivity index (χ1n) is 6.34. The van der Waals surface area contributed by atoms with Crippen LogP contribution in [0, 0.1) is 0 Å². The van der Waals surface area contributed by atoms with Gasteiger partial charge in [0.15, 0.2) is 0 Å². The third-order valence-corrected chi connectivity index (χ3v) is 3.31. The molecular formula is C14H18N2O3. The maximum Gasteiger partial charge on any atom is 0.246 e. The molecule has 5 nitrogen and oxygen atoms in total. The van der Waals surface area contributed by atoms with Crippen LogP contribution in [0.1, 0.15) is 18.4 Å². The lowest BCUT2D eigenvalue weighted by molar-refractivity contribution is -0.149. The van der Waals surface area contributed by atoms with Crippen molar-refractivity contribution in [2.24, 2.45) is 5.73 Å². The Morgan fingerprint density at radius 1 is 1.42 bits per heavy atom. The lowest BCUT2D eigenvalue weighted by Crippen LogP contribution is -2.51. The van der Waals surface area contributed by atoms with Crippen LogP contribution in [0.5, 0.6) is 5.75 Å². The zero-order chi connectivity index (χ0) is 13.8. The van der Waals surface area contributed by atoms with Crippen molar-refractivity contribution in [3.05, 3.63) is 29.8 Å². The van der Waals surface area contributed by atoms with Gasteiger partial charge in [0.1, 0.15) is 5.75 Å². The summed E-state index contributed by atoms with van der Waals surface area (Å²) >= 11 is 0. The Morgan fingerprint density at radius 2 is 2.21 bits per heavy atom. The molecular weight excluding hydrogens is 244 g/mol. The molecule has 19 heavy (non-hydrogen) atoms. The highest BCUT2D eigenvalue weighted by molar-refractivity contribution is 6.00. The quantitative estimate of drug-likeness (QED) is 0.811. The summed E-state index contributed by atoms with van der Waals surface area (Å²) in [5.41, 5.74) is 6.71. The zero-order valence-corrected chi connectivity index (χ0v) is 11.0. The summed E-state index contributed by atoms with van der Waals surface area (Å²) < 4.78 is 5.14. The number of imide groups is 1. The molecule has 102 valence electrons. The van der Waals surface area contributed by atoms with E-state index in [0.29, 0.717) is 25.8 Å². The number of likely N-dealkylation sites (tertiary alicyclic amines) is 1. The average Bonchev–Trinajstić information content (AvgIpc) is 2.43. The molecule has 2 amide bonds. The molecule has 1 aromatic rings. The number of methoxy groups -OCH3 is 1. The molecule has 1 fully saturated rings. The SMILES string of the molecule is COc1cccc(CCN2C(=O)CCC(N)C2=O)c1. The van der Waals surface area contributed by atoms with Gasteiger partial charge >= 0.3 is 0 Å². The van der Waals surface area contributed by atoms with Crippen molar-refractivity contribution >= 4 is 11.8 Å². The maximum absolute atomic E-state index is 11.8. The number of carbonyl (C=O) groups is 2. The van der Waals surface area contributed by atoms with Crippen LogP contribution in [-0.4, -0.2) is 36.4 Å². The van der Waals surface area contributed by atoms with E-state index in [4.69, 9.17) is 10.5 Å². The number of carbonyl (C=O) groups excluding carboxylic acids is 2. The van der Waals surface area contributed by atoms with E-state index in [1.807, 2.05) is 24.3 Å². The smallest absolute Gasteiger partial charge is 0.246 e. The maximum atomic E-state index is 11.8. The molecule has 0 saturated carbocycles. The Balaban J connectivity index is 2.00. The van der Waals surface area contributed by atoms with E-state index >= 15 is 0 Å². The van der Waals surface area contributed by atoms with E-state index < -0.39 is 6.04 Å². The van der Waals surface area contributed by atoms with Crippen LogP contribution in [0.15, 0.2) is 24.3 Å². The fourth-order valence-corrected chi connectivity index (χ4v) is 2.16. The molecule has 2 N–H and O–H groups in total. The monoisotopic (exact) mass is 262 g/mol. The lowest BCUT2D eigenvalue weighted by atomic mass is 10.0. The van der Waals surface area contributed by atoms with Crippen LogP contribution in [0.25, 0.3) is 0 Å². The predicted molar refractivity (Wildman–Crippen MR) is 70.6 cm³/mol. The largest absolute Gasteiger partial charge is 0.497 e. The molecule has 1 aliphatic rings. The summed E-state index contributed by atoms with van der Waals surface area (Å²) in [7, 11) is 1.61. The molecule has 1 heterocycles. The van der Waals surface area contributed by atoms with Crippen LogP contribution < -0.4 is 10.5 Å². The molecule has 5 heteroatoms. The molecule has 2 rings (SSSR count). The van der Waals surface area contributed by atoms with E-state index in [-0.39, 0.29) is 11.8 Å². The standard InChI is InChI=1S/C14H18N2O3/c1-19-11-4-2-3-10(9-11)7-8-16-13(17)6-5-12(15)14(16)18/h2-4,9,12H,5-8,15H2,1H3. The molecule has 0 aliphatic carbocycles. The Labute approximate surface area is 112 Å². The molecule has 1 atom stereocenters. The average molecular weight is 262 g/mol. The fraction of sp³-hybridized carbons (Fsp3) is 0.429. The third kappa shape index (κ3) is 3.12. The van der Waals surface area contributed by atoms with Crippen molar-refractivity contribution in [1.82, 2.24) is 4.90 Å². The van der Waals surface area contributed by atoms with Crippen LogP contribution in [0.2, 0.25) is 0 Å². The van der Waals surface area contributed by atoms with Crippen LogP contribution >= 0.6 is 0 Å². The minimum atomic E-state index is -0.539. The number of piperidine rings is 1. The van der Waals surface area contributed by atoms with Gasteiger partial charge in [0.05, 0.1) is 13.2 Å². The highest BCUT2D eigenvalue weighted by Gasteiger charge is 2.31. The van der Waals surface area contributed by atoms with E-state index in [0.717, 1.165) is 11.3 Å². The third-order valence-electron chi connectivity index (χ3n) is 3.31. The van der Waals surface area contributed by atoms with Gasteiger partial charge in [-0.3, -0.25) is 14.5 Å². The highest BCUT2D eigenvalue weighted by Crippen LogP contribution is 2.16. The Hall–Kier alpha value is -1.88. The van der Waals surface area contributed by atoms with Crippen molar-refractivity contribution in [2.45, 2.75) is 25.3 Å². The number of nitrogens with zero attached hydrogens (tertiary/aromatic N) is 1. The van der Waals surface area contributed by atoms with Gasteiger partial charge in [-0.15, -0.1) is 0 Å². The molecule has 1 aromatic carbocycles. The van der Waals surface area contributed by atoms with Crippen LogP contribution in [0.3, 0.4) is 0 Å². The molecule has 0 aromatic heterocycles. The topological polar surface area (TPSA) is 72.6 Å². The van der Waals surface area contributed by atoms with E-state index in [1.165, 1.54) is 4.90 Å². The van der Waals surface area contributed by atoms with Gasteiger partial charge in [-0.05, 0) is 30.5 Å². The lowest BCUT2D eigenvalue weighted by Gasteiger charge is -2.28. The summed E-state index contributed by atoms with van der Waals surface area (Å²) in [5.74, 6) is 0.374. The van der Waals surface area contributed by atoms with Gasteiger partial charge in [0, 0.05) is 13.0 Å². The van der Waals surface area contributed by atoms with Crippen LogP contribution in [0.4, 0.5) is 0 Å². The molecule has 1 unspecified atom stereocenters. The summed E-state index contributed by atoms with van der Waals surface area (Å²) in [4.78, 5) is 24.8. The number of nitrogens with two attached hydrogens (primary N) is 1. The minimum Gasteiger partial charge on any atom is -0.497 e. The second-order valence-electron chi connectivity index (χ2n) is 4.63. The number of amides is 2. The number of benzene rings is 1. The first kappa shape index (κ1) is 13.5. The van der Waals surface area contributed by atoms with Crippen molar-refractivity contribution < 1.29 is 14.3 Å². The van der Waals surface area contributed by atoms with Gasteiger partial charge in [-0.1, -0.05) is 12.1 Å². The van der Waals surface area contributed by atoms with Gasteiger partial charge in [-0.25, -0.2) is 0 Å². The second kappa shape index (κ2) is 5.84. The van der Waals surface area contributed by atoms with Crippen molar-refractivity contribution in [1.29, 1.82) is 0 Å². The molecule has 1 saturated heterocycles. The number of ether oxygens (including phenoxy) is 1. The Morgan fingerprint density at radius 3 is 2.95 bits per heavy atom. The normalized spacial score (nSPS) is 19.7. The van der Waals surface area contributed by atoms with Crippen molar-refractivity contribution in [3.8, 4) is 5.75 Å². The van der Waals surface area contributed by atoms with Crippen LogP contribution in [-0.2, 0) is 16.0 Å². The zero-order valence-electron chi connectivity index (χ0n) is 11.0. The summed E-state index contributed by atoms with van der Waals surface area (Å²) in [5, 5.41) is 0. The predicted octanol–water partition coefficient (Wildman–Crippen LogP) is 0.714.